The molecule has 1 heterocycles. The summed E-state index contributed by atoms with van der Waals surface area (Å²) in [5, 5.41) is 14.1. The number of pyridine rings is 1. The average Bonchev–Trinajstić information content (AvgIpc) is 2.87. The molecule has 35 heavy (non-hydrogen) atoms. The van der Waals surface area contributed by atoms with E-state index in [0.717, 1.165) is 5.69 Å². The Hall–Kier alpha value is -4.70. The Morgan fingerprint density at radius 3 is 2.34 bits per heavy atom. The van der Waals surface area contributed by atoms with Crippen LogP contribution < -0.4 is 16.2 Å². The lowest BCUT2D eigenvalue weighted by Crippen LogP contribution is -2.42. The molecule has 1 aromatic heterocycles. The number of nitro benzene ring substituents is 1. The Morgan fingerprint density at radius 1 is 0.971 bits per heavy atom. The Bertz CT molecular complexity index is 1460. The van der Waals surface area contributed by atoms with Crippen LogP contribution in [0.3, 0.4) is 0 Å². The highest BCUT2D eigenvalue weighted by molar-refractivity contribution is 7.80. The number of aromatic nitrogens is 1. The second-order valence-electron chi connectivity index (χ2n) is 7.55. The van der Waals surface area contributed by atoms with Crippen molar-refractivity contribution in [1.29, 1.82) is 0 Å². The maximum Gasteiger partial charge on any atom is 0.269 e. The predicted molar refractivity (Wildman–Crippen MR) is 137 cm³/mol. The molecule has 1 amide bonds. The van der Waals surface area contributed by atoms with Crippen molar-refractivity contribution in [2.75, 3.05) is 5.43 Å². The zero-order valence-corrected chi connectivity index (χ0v) is 19.3. The zero-order chi connectivity index (χ0) is 24.9. The minimum atomic E-state index is -0.506. The number of benzene rings is 3. The van der Waals surface area contributed by atoms with Gasteiger partial charge in [-0.05, 0) is 67.7 Å². The smallest absolute Gasteiger partial charge is 0.269 e. The van der Waals surface area contributed by atoms with Gasteiger partial charge in [-0.25, -0.2) is 4.98 Å². The fraction of sp³-hybridized carbons (Fsp3) is 0.0400. The summed E-state index contributed by atoms with van der Waals surface area (Å²) < 4.78 is 0. The van der Waals surface area contributed by atoms with E-state index in [-0.39, 0.29) is 22.1 Å². The number of Topliss-reactive ketones (excluding diaryl/α,β-unsaturated/α-hetero) is 1. The van der Waals surface area contributed by atoms with Crippen molar-refractivity contribution in [1.82, 2.24) is 15.7 Å². The maximum absolute atomic E-state index is 13.2. The number of fused-ring (bicyclic) bond motifs is 1. The molecule has 0 aliphatic rings. The highest BCUT2D eigenvalue weighted by atomic mass is 32.1. The van der Waals surface area contributed by atoms with Crippen molar-refractivity contribution in [2.45, 2.75) is 6.92 Å². The van der Waals surface area contributed by atoms with Crippen LogP contribution in [0.4, 0.5) is 11.4 Å². The Kier molecular flexibility index (Phi) is 6.74. The molecule has 10 heteroatoms. The first-order valence-corrected chi connectivity index (χ1v) is 10.9. The van der Waals surface area contributed by atoms with E-state index in [1.54, 1.807) is 36.4 Å². The molecule has 3 N–H and O–H groups in total. The van der Waals surface area contributed by atoms with Crippen molar-refractivity contribution >= 4 is 51.3 Å². The first-order chi connectivity index (χ1) is 16.8. The molecule has 4 aromatic rings. The number of thiocarbonyl (C=S) groups is 1. The van der Waals surface area contributed by atoms with Gasteiger partial charge in [0.25, 0.3) is 11.6 Å². The quantitative estimate of drug-likeness (QED) is 0.156. The first-order valence-electron chi connectivity index (χ1n) is 10.4. The summed E-state index contributed by atoms with van der Waals surface area (Å²) in [5.41, 5.74) is 8.55. The molecule has 0 unspecified atom stereocenters. The number of hydrogen-bond donors (Lipinski definition) is 3. The van der Waals surface area contributed by atoms with Crippen molar-refractivity contribution in [3.8, 4) is 11.3 Å². The average molecular weight is 486 g/mol. The first kappa shape index (κ1) is 23.5. The van der Waals surface area contributed by atoms with E-state index in [2.05, 4.69) is 21.2 Å². The molecule has 174 valence electrons. The number of nitro groups is 1. The van der Waals surface area contributed by atoms with Gasteiger partial charge >= 0.3 is 0 Å². The third-order valence-corrected chi connectivity index (χ3v) is 5.36. The lowest BCUT2D eigenvalue weighted by atomic mass is 10.0. The highest BCUT2D eigenvalue weighted by Gasteiger charge is 2.17. The molecule has 9 nitrogen and oxygen atoms in total. The monoisotopic (exact) mass is 485 g/mol. The number of rotatable bonds is 6. The largest absolute Gasteiger partial charge is 0.299 e. The van der Waals surface area contributed by atoms with Crippen molar-refractivity contribution in [3.05, 3.63) is 100 Å². The second kappa shape index (κ2) is 10.1. The summed E-state index contributed by atoms with van der Waals surface area (Å²) in [6.07, 6.45) is 0. The van der Waals surface area contributed by atoms with Gasteiger partial charge in [0.1, 0.15) is 0 Å². The molecule has 4 rings (SSSR count). The van der Waals surface area contributed by atoms with Crippen molar-refractivity contribution in [2.24, 2.45) is 0 Å². The Labute approximate surface area is 205 Å². The van der Waals surface area contributed by atoms with E-state index in [4.69, 9.17) is 12.2 Å². The van der Waals surface area contributed by atoms with Crippen LogP contribution in [0.5, 0.6) is 0 Å². The molecule has 0 radical (unpaired) electrons. The topological polar surface area (TPSA) is 126 Å². The molecular weight excluding hydrogens is 466 g/mol. The highest BCUT2D eigenvalue weighted by Crippen LogP contribution is 2.27. The van der Waals surface area contributed by atoms with Gasteiger partial charge in [-0.1, -0.05) is 18.2 Å². The van der Waals surface area contributed by atoms with Crippen LogP contribution in [0.15, 0.2) is 78.9 Å². The van der Waals surface area contributed by atoms with Crippen LogP contribution in [0.1, 0.15) is 27.6 Å². The van der Waals surface area contributed by atoms with Crippen LogP contribution in [-0.2, 0) is 0 Å². The minimum absolute atomic E-state index is 0.0448. The number of hydrogen-bond acceptors (Lipinski definition) is 7. The number of carbonyl (C=O) groups excluding carboxylic acids is 2. The Balaban J connectivity index is 1.68. The van der Waals surface area contributed by atoms with Crippen LogP contribution >= 0.6 is 12.2 Å². The third-order valence-electron chi connectivity index (χ3n) is 5.15. The van der Waals surface area contributed by atoms with Crippen LogP contribution in [0, 0.1) is 10.1 Å². The molecule has 0 aliphatic heterocycles. The number of anilines is 1. The van der Waals surface area contributed by atoms with E-state index < -0.39 is 10.8 Å². The number of nitrogens with one attached hydrogen (secondary N) is 3. The number of para-hydroxylation sites is 1. The zero-order valence-electron chi connectivity index (χ0n) is 18.4. The molecule has 0 aliphatic carbocycles. The summed E-state index contributed by atoms with van der Waals surface area (Å²) in [7, 11) is 0. The van der Waals surface area contributed by atoms with Crippen LogP contribution in [-0.4, -0.2) is 26.7 Å². The van der Waals surface area contributed by atoms with Gasteiger partial charge in [0, 0.05) is 28.6 Å². The standard InChI is InChI=1S/C25H19N5O4S/c1-15(31)17-9-12-22-20(13-17)21(14-23(26-22)16-7-10-19(11-8-16)30(33)34)24(32)27-25(35)29-28-18-5-3-2-4-6-18/h2-14,28H,1H3,(H2,27,29,32,35). The minimum Gasteiger partial charge on any atom is -0.299 e. The van der Waals surface area contributed by atoms with E-state index in [1.807, 2.05) is 30.3 Å². The number of hydrazine groups is 1. The van der Waals surface area contributed by atoms with Gasteiger partial charge < -0.3 is 0 Å². The molecule has 0 spiro atoms. The second-order valence-corrected chi connectivity index (χ2v) is 7.95. The van der Waals surface area contributed by atoms with Crippen molar-refractivity contribution in [3.63, 3.8) is 0 Å². The molecule has 0 bridgehead atoms. The van der Waals surface area contributed by atoms with E-state index in [9.17, 15) is 19.7 Å². The van der Waals surface area contributed by atoms with Crippen LogP contribution in [0.25, 0.3) is 22.2 Å². The normalized spacial score (nSPS) is 10.4. The fourth-order valence-corrected chi connectivity index (χ4v) is 3.53. The van der Waals surface area contributed by atoms with Gasteiger partial charge in [0.15, 0.2) is 10.9 Å². The SMILES string of the molecule is CC(=O)c1ccc2nc(-c3ccc([N+](=O)[O-])cc3)cc(C(=O)NC(=S)NNc3ccccc3)c2c1. The van der Waals surface area contributed by atoms with Crippen molar-refractivity contribution < 1.29 is 14.5 Å². The van der Waals surface area contributed by atoms with E-state index in [0.29, 0.717) is 27.7 Å². The van der Waals surface area contributed by atoms with Gasteiger partial charge in [-0.15, -0.1) is 0 Å². The van der Waals surface area contributed by atoms with Gasteiger partial charge in [0.05, 0.1) is 27.4 Å². The van der Waals surface area contributed by atoms with Gasteiger partial charge in [-0.3, -0.25) is 35.9 Å². The summed E-state index contributed by atoms with van der Waals surface area (Å²) in [5.74, 6) is -0.657. The van der Waals surface area contributed by atoms with E-state index in [1.165, 1.54) is 19.1 Å². The number of amides is 1. The fourth-order valence-electron chi connectivity index (χ4n) is 3.39. The molecule has 0 fully saturated rings. The van der Waals surface area contributed by atoms with Crippen LogP contribution in [0.2, 0.25) is 0 Å². The molecule has 0 saturated carbocycles. The lowest BCUT2D eigenvalue weighted by Gasteiger charge is -2.14. The molecule has 0 atom stereocenters. The molecular formula is C25H19N5O4S. The van der Waals surface area contributed by atoms with Gasteiger partial charge in [0.2, 0.25) is 0 Å². The molecule has 0 saturated heterocycles. The lowest BCUT2D eigenvalue weighted by molar-refractivity contribution is -0.384. The Morgan fingerprint density at radius 2 is 1.69 bits per heavy atom. The number of non-ortho nitro benzene ring substituents is 1. The van der Waals surface area contributed by atoms with Gasteiger partial charge in [-0.2, -0.15) is 0 Å². The number of nitrogens with zero attached hydrogens (tertiary/aromatic N) is 2. The number of carbonyl (C=O) groups is 2. The molecule has 3 aromatic carbocycles. The maximum atomic E-state index is 13.2. The third kappa shape index (κ3) is 5.45. The summed E-state index contributed by atoms with van der Waals surface area (Å²) in [6.45, 7) is 1.44. The van der Waals surface area contributed by atoms with E-state index >= 15 is 0 Å². The summed E-state index contributed by atoms with van der Waals surface area (Å²) in [6, 6.07) is 21.6. The summed E-state index contributed by atoms with van der Waals surface area (Å²) >= 11 is 5.25. The predicted octanol–water partition coefficient (Wildman–Crippen LogP) is 4.64. The number of ketones is 1. The summed E-state index contributed by atoms with van der Waals surface area (Å²) in [4.78, 5) is 40.2.